The van der Waals surface area contributed by atoms with Crippen molar-refractivity contribution in [3.8, 4) is 0 Å². The van der Waals surface area contributed by atoms with E-state index in [0.717, 1.165) is 18.4 Å². The van der Waals surface area contributed by atoms with Gasteiger partial charge in [-0.2, -0.15) is 0 Å². The van der Waals surface area contributed by atoms with Crippen molar-refractivity contribution in [3.63, 3.8) is 0 Å². The Labute approximate surface area is 99.3 Å². The topological polar surface area (TPSA) is 12.0 Å². The van der Waals surface area contributed by atoms with Gasteiger partial charge < -0.3 is 5.32 Å². The maximum absolute atomic E-state index is 3.58. The van der Waals surface area contributed by atoms with Crippen molar-refractivity contribution < 1.29 is 0 Å². The third-order valence-corrected chi connectivity index (χ3v) is 3.81. The summed E-state index contributed by atoms with van der Waals surface area (Å²) in [6.07, 6.45) is 2.67. The molecule has 1 saturated carbocycles. The first-order valence-electron chi connectivity index (χ1n) is 6.53. The molecule has 0 bridgehead atoms. The second kappa shape index (κ2) is 5.49. The number of hydrogen-bond donors (Lipinski definition) is 1. The second-order valence-corrected chi connectivity index (χ2v) is 5.28. The van der Waals surface area contributed by atoms with Gasteiger partial charge in [-0.1, -0.05) is 44.2 Å². The molecule has 16 heavy (non-hydrogen) atoms. The predicted molar refractivity (Wildman–Crippen MR) is 69.6 cm³/mol. The van der Waals surface area contributed by atoms with E-state index in [4.69, 9.17) is 0 Å². The summed E-state index contributed by atoms with van der Waals surface area (Å²) < 4.78 is 0. The van der Waals surface area contributed by atoms with Crippen LogP contribution in [-0.2, 0) is 0 Å². The molecule has 0 amide bonds. The highest BCUT2D eigenvalue weighted by Gasteiger charge is 2.31. The lowest BCUT2D eigenvalue weighted by atomic mass is 9.98. The van der Waals surface area contributed by atoms with Gasteiger partial charge in [0.25, 0.3) is 0 Å². The summed E-state index contributed by atoms with van der Waals surface area (Å²) in [6.45, 7) is 7.04. The lowest BCUT2D eigenvalue weighted by Crippen LogP contribution is -2.20. The van der Waals surface area contributed by atoms with E-state index in [2.05, 4.69) is 49.5 Å². The van der Waals surface area contributed by atoms with Crippen LogP contribution < -0.4 is 5.32 Å². The standard InChI is InChI=1S/C15H23N/c1-12(14-6-4-3-5-7-14)8-9-16-11-15-10-13(15)2/h3-7,12-13,15-16H,8-11H2,1-2H3. The Morgan fingerprint density at radius 1 is 1.31 bits per heavy atom. The van der Waals surface area contributed by atoms with E-state index in [9.17, 15) is 0 Å². The molecule has 0 saturated heterocycles. The number of hydrogen-bond acceptors (Lipinski definition) is 1. The average molecular weight is 217 g/mol. The van der Waals surface area contributed by atoms with E-state index in [1.54, 1.807) is 0 Å². The molecule has 3 atom stereocenters. The molecule has 0 heterocycles. The molecule has 1 aromatic carbocycles. The molecule has 88 valence electrons. The summed E-state index contributed by atoms with van der Waals surface area (Å²) in [7, 11) is 0. The fraction of sp³-hybridized carbons (Fsp3) is 0.600. The molecule has 0 spiro atoms. The van der Waals surface area contributed by atoms with Gasteiger partial charge in [0.1, 0.15) is 0 Å². The van der Waals surface area contributed by atoms with Crippen molar-refractivity contribution in [3.05, 3.63) is 35.9 Å². The van der Waals surface area contributed by atoms with Gasteiger partial charge in [-0.3, -0.25) is 0 Å². The fourth-order valence-electron chi connectivity index (χ4n) is 2.24. The summed E-state index contributed by atoms with van der Waals surface area (Å²) in [5.41, 5.74) is 1.46. The van der Waals surface area contributed by atoms with Gasteiger partial charge in [-0.25, -0.2) is 0 Å². The van der Waals surface area contributed by atoms with Gasteiger partial charge in [0, 0.05) is 0 Å². The zero-order chi connectivity index (χ0) is 11.4. The molecular weight excluding hydrogens is 194 g/mol. The Kier molecular flexibility index (Phi) is 4.00. The SMILES string of the molecule is CC(CCNCC1CC1C)c1ccccc1. The lowest BCUT2D eigenvalue weighted by molar-refractivity contribution is 0.562. The van der Waals surface area contributed by atoms with E-state index >= 15 is 0 Å². The first-order chi connectivity index (χ1) is 7.77. The largest absolute Gasteiger partial charge is 0.316 e. The molecule has 1 heteroatoms. The maximum atomic E-state index is 3.58. The molecule has 1 aliphatic rings. The molecule has 0 radical (unpaired) electrons. The van der Waals surface area contributed by atoms with Crippen LogP contribution in [0.25, 0.3) is 0 Å². The van der Waals surface area contributed by atoms with Crippen LogP contribution in [0.2, 0.25) is 0 Å². The smallest absolute Gasteiger partial charge is 0.00179 e. The minimum absolute atomic E-state index is 0.672. The minimum atomic E-state index is 0.672. The number of benzene rings is 1. The van der Waals surface area contributed by atoms with E-state index in [1.165, 1.54) is 24.9 Å². The van der Waals surface area contributed by atoms with Crippen molar-refractivity contribution in [2.75, 3.05) is 13.1 Å². The average Bonchev–Trinajstić information content (AvgIpc) is 3.02. The third kappa shape index (κ3) is 3.34. The van der Waals surface area contributed by atoms with Gasteiger partial charge in [0.2, 0.25) is 0 Å². The molecular formula is C15H23N. The molecule has 0 aromatic heterocycles. The van der Waals surface area contributed by atoms with Crippen molar-refractivity contribution in [1.29, 1.82) is 0 Å². The Morgan fingerprint density at radius 2 is 2.00 bits per heavy atom. The summed E-state index contributed by atoms with van der Waals surface area (Å²) in [4.78, 5) is 0. The van der Waals surface area contributed by atoms with Gasteiger partial charge >= 0.3 is 0 Å². The third-order valence-electron chi connectivity index (χ3n) is 3.81. The second-order valence-electron chi connectivity index (χ2n) is 5.28. The molecule has 2 rings (SSSR count). The van der Waals surface area contributed by atoms with E-state index in [-0.39, 0.29) is 0 Å². The Morgan fingerprint density at radius 3 is 2.62 bits per heavy atom. The monoisotopic (exact) mass is 217 g/mol. The van der Waals surface area contributed by atoms with E-state index in [1.807, 2.05) is 0 Å². The highest BCUT2D eigenvalue weighted by Crippen LogP contribution is 2.36. The number of nitrogens with one attached hydrogen (secondary N) is 1. The molecule has 1 aromatic rings. The zero-order valence-electron chi connectivity index (χ0n) is 10.4. The van der Waals surface area contributed by atoms with Crippen molar-refractivity contribution in [2.24, 2.45) is 11.8 Å². The molecule has 1 aliphatic carbocycles. The van der Waals surface area contributed by atoms with Crippen LogP contribution in [0.3, 0.4) is 0 Å². The molecule has 1 fully saturated rings. The van der Waals surface area contributed by atoms with Gasteiger partial charge in [-0.15, -0.1) is 0 Å². The Bertz CT molecular complexity index is 306. The van der Waals surface area contributed by atoms with Crippen LogP contribution in [0, 0.1) is 11.8 Å². The zero-order valence-corrected chi connectivity index (χ0v) is 10.4. The normalized spacial score (nSPS) is 25.4. The molecule has 3 unspecified atom stereocenters. The first kappa shape index (κ1) is 11.7. The van der Waals surface area contributed by atoms with E-state index in [0.29, 0.717) is 5.92 Å². The highest BCUT2D eigenvalue weighted by molar-refractivity contribution is 5.18. The highest BCUT2D eigenvalue weighted by atomic mass is 14.9. The molecule has 0 aliphatic heterocycles. The minimum Gasteiger partial charge on any atom is -0.316 e. The van der Waals surface area contributed by atoms with Gasteiger partial charge in [0.15, 0.2) is 0 Å². The van der Waals surface area contributed by atoms with Gasteiger partial charge in [-0.05, 0) is 49.2 Å². The molecule has 1 nitrogen and oxygen atoms in total. The molecule has 1 N–H and O–H groups in total. The Hall–Kier alpha value is -0.820. The van der Waals surface area contributed by atoms with E-state index < -0.39 is 0 Å². The van der Waals surface area contributed by atoms with Crippen LogP contribution >= 0.6 is 0 Å². The van der Waals surface area contributed by atoms with Crippen LogP contribution in [0.5, 0.6) is 0 Å². The Balaban J connectivity index is 1.62. The van der Waals surface area contributed by atoms with Crippen LogP contribution in [0.15, 0.2) is 30.3 Å². The maximum Gasteiger partial charge on any atom is -0.00179 e. The quantitative estimate of drug-likeness (QED) is 0.720. The van der Waals surface area contributed by atoms with Crippen molar-refractivity contribution in [2.45, 2.75) is 32.6 Å². The summed E-state index contributed by atoms with van der Waals surface area (Å²) in [5.74, 6) is 2.61. The first-order valence-corrected chi connectivity index (χ1v) is 6.53. The van der Waals surface area contributed by atoms with Crippen LogP contribution in [0.1, 0.15) is 38.2 Å². The lowest BCUT2D eigenvalue weighted by Gasteiger charge is -2.12. The summed E-state index contributed by atoms with van der Waals surface area (Å²) in [6, 6.07) is 10.8. The van der Waals surface area contributed by atoms with Crippen LogP contribution in [-0.4, -0.2) is 13.1 Å². The number of rotatable bonds is 6. The summed E-state index contributed by atoms with van der Waals surface area (Å²) >= 11 is 0. The van der Waals surface area contributed by atoms with Crippen molar-refractivity contribution in [1.82, 2.24) is 5.32 Å². The van der Waals surface area contributed by atoms with Crippen molar-refractivity contribution >= 4 is 0 Å². The van der Waals surface area contributed by atoms with Crippen LogP contribution in [0.4, 0.5) is 0 Å². The van der Waals surface area contributed by atoms with Gasteiger partial charge in [0.05, 0.1) is 0 Å². The summed E-state index contributed by atoms with van der Waals surface area (Å²) in [5, 5.41) is 3.58. The fourth-order valence-corrected chi connectivity index (χ4v) is 2.24. The predicted octanol–water partition coefficient (Wildman–Crippen LogP) is 3.43.